The minimum Gasteiger partial charge on any atom is -0.399 e. The van der Waals surface area contributed by atoms with E-state index < -0.39 is 0 Å². The van der Waals surface area contributed by atoms with E-state index in [0.717, 1.165) is 69.9 Å². The Morgan fingerprint density at radius 2 is 1.62 bits per heavy atom. The summed E-state index contributed by atoms with van der Waals surface area (Å²) in [5, 5.41) is 4.80. The van der Waals surface area contributed by atoms with Crippen LogP contribution in [0.15, 0.2) is 48.5 Å². The van der Waals surface area contributed by atoms with Crippen LogP contribution in [0.2, 0.25) is 0 Å². The molecule has 0 atom stereocenters. The lowest BCUT2D eigenvalue weighted by molar-refractivity contribution is 0.0981. The van der Waals surface area contributed by atoms with Crippen LogP contribution >= 0.6 is 0 Å². The van der Waals surface area contributed by atoms with Crippen molar-refractivity contribution in [3.8, 4) is 0 Å². The lowest BCUT2D eigenvalue weighted by atomic mass is 9.97. The van der Waals surface area contributed by atoms with Gasteiger partial charge in [-0.15, -0.1) is 0 Å². The van der Waals surface area contributed by atoms with E-state index in [4.69, 9.17) is 10.8 Å². The van der Waals surface area contributed by atoms with Gasteiger partial charge in [0, 0.05) is 88.6 Å². The number of aryl methyl sites for hydroxylation is 2. The van der Waals surface area contributed by atoms with Crippen molar-refractivity contribution < 1.29 is 4.79 Å². The lowest BCUT2D eigenvalue weighted by Gasteiger charge is -2.37. The van der Waals surface area contributed by atoms with Gasteiger partial charge in [-0.05, 0) is 74.2 Å². The van der Waals surface area contributed by atoms with Gasteiger partial charge in [-0.3, -0.25) is 19.3 Å². The van der Waals surface area contributed by atoms with Crippen molar-refractivity contribution in [2.24, 2.45) is 7.05 Å². The highest BCUT2D eigenvalue weighted by Gasteiger charge is 2.28. The van der Waals surface area contributed by atoms with Crippen molar-refractivity contribution in [1.29, 1.82) is 0 Å². The third kappa shape index (κ3) is 5.44. The molecule has 0 bridgehead atoms. The van der Waals surface area contributed by atoms with E-state index >= 15 is 0 Å². The minimum atomic E-state index is 0.0102. The molecule has 2 aromatic carbocycles. The first-order chi connectivity index (χ1) is 17.9. The number of nitrogens with zero attached hydrogens (tertiary/aromatic N) is 6. The Morgan fingerprint density at radius 1 is 0.946 bits per heavy atom. The third-order valence-electron chi connectivity index (χ3n) is 7.69. The number of carbonyl (C=O) groups excluding carboxylic acids is 1. The van der Waals surface area contributed by atoms with E-state index in [-0.39, 0.29) is 5.91 Å². The zero-order chi connectivity index (χ0) is 25.9. The molecule has 1 aliphatic carbocycles. The van der Waals surface area contributed by atoms with Crippen LogP contribution in [-0.2, 0) is 19.9 Å². The van der Waals surface area contributed by atoms with Gasteiger partial charge in [0.2, 0.25) is 0 Å². The second-order valence-electron chi connectivity index (χ2n) is 10.4. The number of nitrogen functional groups attached to an aromatic ring is 1. The Balaban J connectivity index is 1.29. The lowest BCUT2D eigenvalue weighted by Crippen LogP contribution is -2.49. The third-order valence-corrected chi connectivity index (χ3v) is 7.69. The molecule has 3 aromatic rings. The first-order valence-electron chi connectivity index (χ1n) is 13.4. The van der Waals surface area contributed by atoms with Crippen LogP contribution in [-0.4, -0.2) is 74.0 Å². The number of hydrogen-bond acceptors (Lipinski definition) is 6. The number of aromatic nitrogens is 2. The average Bonchev–Trinajstić information content (AvgIpc) is 3.25. The molecule has 1 aliphatic heterocycles. The number of benzene rings is 2. The van der Waals surface area contributed by atoms with Crippen molar-refractivity contribution in [2.75, 3.05) is 73.8 Å². The fourth-order valence-electron chi connectivity index (χ4n) is 5.52. The maximum atomic E-state index is 13.8. The quantitative estimate of drug-likeness (QED) is 0.500. The minimum absolute atomic E-state index is 0.0102. The van der Waals surface area contributed by atoms with Crippen LogP contribution in [0.3, 0.4) is 0 Å². The summed E-state index contributed by atoms with van der Waals surface area (Å²) < 4.78 is 1.92. The van der Waals surface area contributed by atoms with E-state index in [9.17, 15) is 4.79 Å². The Kier molecular flexibility index (Phi) is 7.37. The van der Waals surface area contributed by atoms with Gasteiger partial charge < -0.3 is 15.5 Å². The number of piperazine rings is 1. The summed E-state index contributed by atoms with van der Waals surface area (Å²) in [6.07, 6.45) is 4.28. The predicted octanol–water partition coefficient (Wildman–Crippen LogP) is 3.42. The second kappa shape index (κ2) is 10.8. The van der Waals surface area contributed by atoms with Crippen molar-refractivity contribution in [3.05, 3.63) is 65.4 Å². The fraction of sp³-hybridized carbons (Fsp3) is 0.448. The normalized spacial score (nSPS) is 15.9. The van der Waals surface area contributed by atoms with Crippen molar-refractivity contribution in [1.82, 2.24) is 14.7 Å². The molecule has 2 N–H and O–H groups in total. The number of amides is 1. The van der Waals surface area contributed by atoms with Crippen LogP contribution in [0.25, 0.3) is 0 Å². The van der Waals surface area contributed by atoms with E-state index in [2.05, 4.69) is 53.1 Å². The molecular weight excluding hydrogens is 462 g/mol. The molecule has 1 aromatic heterocycles. The van der Waals surface area contributed by atoms with Crippen LogP contribution < -0.4 is 20.4 Å². The topological polar surface area (TPSA) is 73.9 Å². The highest BCUT2D eigenvalue weighted by molar-refractivity contribution is 6.06. The van der Waals surface area contributed by atoms with Crippen molar-refractivity contribution >= 4 is 28.8 Å². The SMILES string of the molecule is CN(C)c1ccc(N2CCN(CCN(C(=O)c3ccc(N)cc3)c3c4c(nn3C)CCCC4)CC2)cc1. The van der Waals surface area contributed by atoms with Crippen LogP contribution in [0.1, 0.15) is 34.5 Å². The maximum Gasteiger partial charge on any atom is 0.259 e. The number of anilines is 4. The van der Waals surface area contributed by atoms with Gasteiger partial charge in [0.15, 0.2) is 0 Å². The van der Waals surface area contributed by atoms with Gasteiger partial charge in [0.25, 0.3) is 5.91 Å². The van der Waals surface area contributed by atoms with E-state index in [0.29, 0.717) is 17.8 Å². The van der Waals surface area contributed by atoms with Crippen molar-refractivity contribution in [3.63, 3.8) is 0 Å². The summed E-state index contributed by atoms with van der Waals surface area (Å²) in [6.45, 7) is 5.37. The number of fused-ring (bicyclic) bond motifs is 1. The van der Waals surface area contributed by atoms with E-state index in [1.807, 2.05) is 28.8 Å². The van der Waals surface area contributed by atoms with E-state index in [1.54, 1.807) is 12.1 Å². The molecule has 2 heterocycles. The Labute approximate surface area is 220 Å². The molecule has 0 unspecified atom stereocenters. The molecule has 196 valence electrons. The van der Waals surface area contributed by atoms with E-state index in [1.165, 1.54) is 16.9 Å². The highest BCUT2D eigenvalue weighted by atomic mass is 16.2. The standard InChI is InChI=1S/C29H39N7O/c1-32(2)24-12-14-25(15-13-24)35-19-16-34(17-20-35)18-21-36(29(37)22-8-10-23(30)11-9-22)28-26-6-4-5-7-27(26)31-33(28)3/h8-15H,4-7,16-21,30H2,1-3H3. The predicted molar refractivity (Wildman–Crippen MR) is 152 cm³/mol. The molecule has 0 spiro atoms. The number of rotatable bonds is 7. The molecule has 5 rings (SSSR count). The molecule has 1 fully saturated rings. The van der Waals surface area contributed by atoms with Crippen molar-refractivity contribution in [2.45, 2.75) is 25.7 Å². The first kappa shape index (κ1) is 25.1. The van der Waals surface area contributed by atoms with Gasteiger partial charge in [0.1, 0.15) is 5.82 Å². The summed E-state index contributed by atoms with van der Waals surface area (Å²) in [4.78, 5) is 22.8. The fourth-order valence-corrected chi connectivity index (χ4v) is 5.52. The smallest absolute Gasteiger partial charge is 0.259 e. The van der Waals surface area contributed by atoms with Gasteiger partial charge in [-0.2, -0.15) is 5.10 Å². The van der Waals surface area contributed by atoms with Crippen LogP contribution in [0.5, 0.6) is 0 Å². The summed E-state index contributed by atoms with van der Waals surface area (Å²) in [5.41, 5.74) is 12.1. The number of nitrogens with two attached hydrogens (primary N) is 1. The molecule has 37 heavy (non-hydrogen) atoms. The molecule has 8 nitrogen and oxygen atoms in total. The zero-order valence-electron chi connectivity index (χ0n) is 22.4. The van der Waals surface area contributed by atoms with Crippen LogP contribution in [0, 0.1) is 0 Å². The molecule has 8 heteroatoms. The molecule has 0 radical (unpaired) electrons. The number of carbonyl (C=O) groups is 1. The average molecular weight is 502 g/mol. The second-order valence-corrected chi connectivity index (χ2v) is 10.4. The summed E-state index contributed by atoms with van der Waals surface area (Å²) >= 11 is 0. The Bertz CT molecular complexity index is 1210. The largest absolute Gasteiger partial charge is 0.399 e. The van der Waals surface area contributed by atoms with Crippen LogP contribution in [0.4, 0.5) is 22.9 Å². The summed E-state index contributed by atoms with van der Waals surface area (Å²) in [5.74, 6) is 0.965. The first-order valence-corrected chi connectivity index (χ1v) is 13.4. The summed E-state index contributed by atoms with van der Waals surface area (Å²) in [7, 11) is 6.10. The van der Waals surface area contributed by atoms with Gasteiger partial charge in [-0.1, -0.05) is 0 Å². The highest BCUT2D eigenvalue weighted by Crippen LogP contribution is 2.31. The van der Waals surface area contributed by atoms with Gasteiger partial charge in [-0.25, -0.2) is 0 Å². The molecular formula is C29H39N7O. The Morgan fingerprint density at radius 3 is 2.30 bits per heavy atom. The monoisotopic (exact) mass is 501 g/mol. The Hall–Kier alpha value is -3.52. The number of hydrogen-bond donors (Lipinski definition) is 1. The summed E-state index contributed by atoms with van der Waals surface area (Å²) in [6, 6.07) is 16.0. The molecule has 1 saturated heterocycles. The molecule has 1 amide bonds. The molecule has 0 saturated carbocycles. The zero-order valence-corrected chi connectivity index (χ0v) is 22.4. The maximum absolute atomic E-state index is 13.8. The van der Waals surface area contributed by atoms with Gasteiger partial charge in [0.05, 0.1) is 5.69 Å². The van der Waals surface area contributed by atoms with Gasteiger partial charge >= 0.3 is 0 Å². The molecule has 2 aliphatic rings.